The first-order valence-corrected chi connectivity index (χ1v) is 11.8. The summed E-state index contributed by atoms with van der Waals surface area (Å²) in [5.74, 6) is 0.631. The normalized spacial score (nSPS) is 11.5. The monoisotopic (exact) mass is 449 g/mol. The number of fused-ring (bicyclic) bond motifs is 3. The van der Waals surface area contributed by atoms with Crippen LogP contribution in [0.25, 0.3) is 22.4 Å². The minimum absolute atomic E-state index is 0.0346. The Hall–Kier alpha value is -3.13. The van der Waals surface area contributed by atoms with Gasteiger partial charge in [-0.3, -0.25) is 14.0 Å². The lowest BCUT2D eigenvalue weighted by Crippen LogP contribution is -2.35. The van der Waals surface area contributed by atoms with Gasteiger partial charge in [-0.2, -0.15) is 0 Å². The second-order valence-electron chi connectivity index (χ2n) is 7.94. The number of benzene rings is 2. The molecule has 0 unspecified atom stereocenters. The average molecular weight is 450 g/mol. The van der Waals surface area contributed by atoms with Crippen molar-refractivity contribution in [2.75, 3.05) is 5.75 Å². The van der Waals surface area contributed by atoms with Crippen molar-refractivity contribution in [2.24, 2.45) is 0 Å². The van der Waals surface area contributed by atoms with E-state index in [9.17, 15) is 9.59 Å². The Labute approximate surface area is 190 Å². The number of para-hydroxylation sites is 1. The second kappa shape index (κ2) is 9.16. The van der Waals surface area contributed by atoms with Crippen LogP contribution in [0, 0.1) is 13.8 Å². The molecular formula is C24H27N5O2S. The van der Waals surface area contributed by atoms with Crippen LogP contribution in [0.5, 0.6) is 0 Å². The summed E-state index contributed by atoms with van der Waals surface area (Å²) in [7, 11) is 0. The molecule has 0 aliphatic carbocycles. The number of rotatable bonds is 7. The van der Waals surface area contributed by atoms with Crippen molar-refractivity contribution in [1.29, 1.82) is 0 Å². The predicted molar refractivity (Wildman–Crippen MR) is 129 cm³/mol. The fraction of sp³-hybridized carbons (Fsp3) is 0.333. The number of hydrogen-bond donors (Lipinski definition) is 1. The van der Waals surface area contributed by atoms with Crippen molar-refractivity contribution < 1.29 is 4.79 Å². The van der Waals surface area contributed by atoms with Crippen LogP contribution in [0.15, 0.2) is 52.4 Å². The Morgan fingerprint density at radius 3 is 2.59 bits per heavy atom. The van der Waals surface area contributed by atoms with Crippen LogP contribution in [0.3, 0.4) is 0 Å². The van der Waals surface area contributed by atoms with E-state index in [1.165, 1.54) is 11.8 Å². The molecule has 0 aliphatic heterocycles. The van der Waals surface area contributed by atoms with Crippen LogP contribution in [-0.4, -0.2) is 36.9 Å². The molecule has 0 saturated heterocycles. The third-order valence-electron chi connectivity index (χ3n) is 5.68. The van der Waals surface area contributed by atoms with E-state index in [0.29, 0.717) is 16.3 Å². The van der Waals surface area contributed by atoms with Crippen LogP contribution < -0.4 is 10.9 Å². The Balaban J connectivity index is 1.84. The van der Waals surface area contributed by atoms with Gasteiger partial charge in [-0.15, -0.1) is 10.2 Å². The molecule has 2 aromatic heterocycles. The van der Waals surface area contributed by atoms with Gasteiger partial charge in [0.1, 0.15) is 0 Å². The number of carbonyl (C=O) groups excluding carboxylic acids is 1. The summed E-state index contributed by atoms with van der Waals surface area (Å²) < 4.78 is 3.49. The van der Waals surface area contributed by atoms with Crippen molar-refractivity contribution >= 4 is 34.3 Å². The Morgan fingerprint density at radius 2 is 1.84 bits per heavy atom. The van der Waals surface area contributed by atoms with Gasteiger partial charge in [0, 0.05) is 6.04 Å². The molecule has 2 aromatic carbocycles. The molecule has 0 radical (unpaired) electrons. The van der Waals surface area contributed by atoms with Crippen LogP contribution >= 0.6 is 11.8 Å². The van der Waals surface area contributed by atoms with Crippen LogP contribution in [0.2, 0.25) is 0 Å². The number of aryl methyl sites for hydroxylation is 2. The molecule has 0 atom stereocenters. The smallest absolute Gasteiger partial charge is 0.267 e. The van der Waals surface area contributed by atoms with Crippen molar-refractivity contribution in [1.82, 2.24) is 24.5 Å². The molecule has 8 heteroatoms. The maximum Gasteiger partial charge on any atom is 0.267 e. The van der Waals surface area contributed by atoms with Crippen molar-refractivity contribution in [3.05, 3.63) is 63.9 Å². The van der Waals surface area contributed by atoms with Gasteiger partial charge in [0.05, 0.1) is 22.3 Å². The molecule has 0 saturated carbocycles. The zero-order valence-electron chi connectivity index (χ0n) is 18.8. The molecule has 32 heavy (non-hydrogen) atoms. The number of carbonyl (C=O) groups is 1. The highest BCUT2D eigenvalue weighted by atomic mass is 32.2. The van der Waals surface area contributed by atoms with Crippen LogP contribution in [-0.2, 0) is 4.79 Å². The summed E-state index contributed by atoms with van der Waals surface area (Å²) in [5, 5.41) is 12.9. The molecule has 4 aromatic rings. The standard InChI is InChI=1S/C24H27N5O2S/c1-5-17(6-2)25-21(30)14-32-24-27-26-23-28(20-13-15(3)11-12-16(20)4)22(31)18-9-7-8-10-19(18)29(23)24/h7-13,17H,5-6,14H2,1-4H3,(H,25,30). The molecule has 166 valence electrons. The first-order chi connectivity index (χ1) is 15.4. The summed E-state index contributed by atoms with van der Waals surface area (Å²) in [6.45, 7) is 8.09. The molecule has 7 nitrogen and oxygen atoms in total. The summed E-state index contributed by atoms with van der Waals surface area (Å²) in [6, 6.07) is 13.6. The number of nitrogens with one attached hydrogen (secondary N) is 1. The summed E-state index contributed by atoms with van der Waals surface area (Å²) in [4.78, 5) is 25.9. The number of amides is 1. The Kier molecular flexibility index (Phi) is 6.32. The van der Waals surface area contributed by atoms with Crippen molar-refractivity contribution in [3.8, 4) is 5.69 Å². The highest BCUT2D eigenvalue weighted by Gasteiger charge is 2.20. The lowest BCUT2D eigenvalue weighted by atomic mass is 10.1. The van der Waals surface area contributed by atoms with Crippen LogP contribution in [0.1, 0.15) is 37.8 Å². The Morgan fingerprint density at radius 1 is 1.09 bits per heavy atom. The number of hydrogen-bond acceptors (Lipinski definition) is 5. The lowest BCUT2D eigenvalue weighted by molar-refractivity contribution is -0.119. The highest BCUT2D eigenvalue weighted by Crippen LogP contribution is 2.24. The minimum Gasteiger partial charge on any atom is -0.353 e. The van der Waals surface area contributed by atoms with E-state index < -0.39 is 0 Å². The van der Waals surface area contributed by atoms with Gasteiger partial charge < -0.3 is 5.32 Å². The fourth-order valence-corrected chi connectivity index (χ4v) is 4.59. The molecule has 0 fully saturated rings. The Bertz CT molecular complexity index is 1350. The number of nitrogens with zero attached hydrogens (tertiary/aromatic N) is 4. The molecule has 0 aliphatic rings. The zero-order chi connectivity index (χ0) is 22.8. The maximum absolute atomic E-state index is 13.5. The molecule has 0 spiro atoms. The molecule has 2 heterocycles. The third kappa shape index (κ3) is 4.02. The minimum atomic E-state index is -0.141. The van der Waals surface area contributed by atoms with Crippen molar-refractivity contribution in [3.63, 3.8) is 0 Å². The van der Waals surface area contributed by atoms with E-state index in [0.717, 1.165) is 35.2 Å². The van der Waals surface area contributed by atoms with Gasteiger partial charge >= 0.3 is 0 Å². The average Bonchev–Trinajstić information content (AvgIpc) is 3.22. The van der Waals surface area contributed by atoms with E-state index in [1.54, 1.807) is 4.57 Å². The zero-order valence-corrected chi connectivity index (χ0v) is 19.6. The highest BCUT2D eigenvalue weighted by molar-refractivity contribution is 7.99. The second-order valence-corrected chi connectivity index (χ2v) is 8.88. The van der Waals surface area contributed by atoms with Gasteiger partial charge in [0.2, 0.25) is 11.7 Å². The lowest BCUT2D eigenvalue weighted by Gasteiger charge is -2.15. The van der Waals surface area contributed by atoms with Crippen molar-refractivity contribution in [2.45, 2.75) is 51.7 Å². The molecule has 0 bridgehead atoms. The van der Waals surface area contributed by atoms with E-state index in [1.807, 2.05) is 60.7 Å². The first-order valence-electron chi connectivity index (χ1n) is 10.8. The van der Waals surface area contributed by atoms with Gasteiger partial charge in [0.25, 0.3) is 5.56 Å². The van der Waals surface area contributed by atoms with E-state index in [-0.39, 0.29) is 23.3 Å². The quantitative estimate of drug-likeness (QED) is 0.431. The van der Waals surface area contributed by atoms with Gasteiger partial charge in [0.15, 0.2) is 5.16 Å². The SMILES string of the molecule is CCC(CC)NC(=O)CSc1nnc2n(-c3cc(C)ccc3C)c(=O)c3ccccc3n12. The van der Waals surface area contributed by atoms with E-state index in [4.69, 9.17) is 0 Å². The topological polar surface area (TPSA) is 81.3 Å². The van der Waals surface area contributed by atoms with E-state index in [2.05, 4.69) is 29.4 Å². The van der Waals surface area contributed by atoms with Crippen LogP contribution in [0.4, 0.5) is 0 Å². The van der Waals surface area contributed by atoms with Gasteiger partial charge in [-0.1, -0.05) is 49.9 Å². The summed E-state index contributed by atoms with van der Waals surface area (Å²) in [6.07, 6.45) is 1.79. The fourth-order valence-electron chi connectivity index (χ4n) is 3.84. The molecule has 4 rings (SSSR count). The third-order valence-corrected chi connectivity index (χ3v) is 6.61. The predicted octanol–water partition coefficient (Wildman–Crippen LogP) is 4.05. The van der Waals surface area contributed by atoms with E-state index >= 15 is 0 Å². The molecular weight excluding hydrogens is 422 g/mol. The summed E-state index contributed by atoms with van der Waals surface area (Å²) in [5.41, 5.74) is 3.38. The van der Waals surface area contributed by atoms with Gasteiger partial charge in [-0.05, 0) is 56.0 Å². The number of aromatic nitrogens is 4. The largest absolute Gasteiger partial charge is 0.353 e. The maximum atomic E-state index is 13.5. The first kappa shape index (κ1) is 22.1. The number of thioether (sulfide) groups is 1. The summed E-state index contributed by atoms with van der Waals surface area (Å²) >= 11 is 1.32. The molecule has 1 amide bonds. The molecule has 1 N–H and O–H groups in total. The van der Waals surface area contributed by atoms with Gasteiger partial charge in [-0.25, -0.2) is 4.57 Å².